The van der Waals surface area contributed by atoms with Crippen molar-refractivity contribution < 1.29 is 19.2 Å². The molecule has 0 aliphatic rings. The summed E-state index contributed by atoms with van der Waals surface area (Å²) in [6.45, 7) is 6.11. The third-order valence-electron chi connectivity index (χ3n) is 3.90. The highest BCUT2D eigenvalue weighted by Gasteiger charge is 2.15. The van der Waals surface area contributed by atoms with Crippen molar-refractivity contribution in [1.29, 1.82) is 0 Å². The molecule has 0 aliphatic carbocycles. The van der Waals surface area contributed by atoms with Crippen molar-refractivity contribution in [1.82, 2.24) is 10.1 Å². The molecule has 2 aromatic carbocycles. The van der Waals surface area contributed by atoms with E-state index in [9.17, 15) is 4.79 Å². The number of carboxylic acid groups (broad SMARTS) is 1. The Morgan fingerprint density at radius 1 is 1.04 bits per heavy atom. The molecule has 134 valence electrons. The molecule has 0 fully saturated rings. The van der Waals surface area contributed by atoms with Crippen LogP contribution < -0.4 is 4.74 Å². The van der Waals surface area contributed by atoms with Gasteiger partial charge in [0.2, 0.25) is 5.82 Å². The second-order valence-corrected chi connectivity index (χ2v) is 6.96. The zero-order chi connectivity index (χ0) is 18.7. The minimum absolute atomic E-state index is 0.0887. The van der Waals surface area contributed by atoms with Gasteiger partial charge in [0, 0.05) is 11.1 Å². The highest BCUT2D eigenvalue weighted by atomic mass is 16.5. The van der Waals surface area contributed by atoms with Crippen LogP contribution >= 0.6 is 0 Å². The van der Waals surface area contributed by atoms with Gasteiger partial charge in [0.25, 0.3) is 5.89 Å². The molecule has 0 bridgehead atoms. The Labute approximate surface area is 151 Å². The summed E-state index contributed by atoms with van der Waals surface area (Å²) in [6.07, 6.45) is 0. The van der Waals surface area contributed by atoms with Gasteiger partial charge in [-0.05, 0) is 35.2 Å². The van der Waals surface area contributed by atoms with Gasteiger partial charge in [-0.1, -0.05) is 50.2 Å². The van der Waals surface area contributed by atoms with E-state index >= 15 is 0 Å². The van der Waals surface area contributed by atoms with Crippen LogP contribution in [0, 0.1) is 0 Å². The van der Waals surface area contributed by atoms with Crippen LogP contribution in [0.4, 0.5) is 0 Å². The van der Waals surface area contributed by atoms with Crippen molar-refractivity contribution >= 4 is 5.97 Å². The summed E-state index contributed by atoms with van der Waals surface area (Å²) >= 11 is 0. The fourth-order valence-electron chi connectivity index (χ4n) is 2.42. The molecule has 1 aromatic heterocycles. The van der Waals surface area contributed by atoms with Crippen LogP contribution in [0.3, 0.4) is 0 Å². The third kappa shape index (κ3) is 4.08. The summed E-state index contributed by atoms with van der Waals surface area (Å²) in [5.74, 6) is 0.359. The van der Waals surface area contributed by atoms with Gasteiger partial charge < -0.3 is 14.4 Å². The van der Waals surface area contributed by atoms with Gasteiger partial charge in [-0.2, -0.15) is 4.98 Å². The Balaban J connectivity index is 1.76. The molecule has 0 unspecified atom stereocenters. The number of nitrogens with zero attached hydrogens (tertiary/aromatic N) is 2. The fourth-order valence-corrected chi connectivity index (χ4v) is 2.42. The van der Waals surface area contributed by atoms with Gasteiger partial charge in [0.1, 0.15) is 5.75 Å². The summed E-state index contributed by atoms with van der Waals surface area (Å²) in [5.41, 5.74) is 2.94. The first-order valence-electron chi connectivity index (χ1n) is 8.22. The Morgan fingerprint density at radius 2 is 1.65 bits per heavy atom. The molecule has 0 atom stereocenters. The predicted molar refractivity (Wildman–Crippen MR) is 97.0 cm³/mol. The lowest BCUT2D eigenvalue weighted by atomic mass is 9.87. The van der Waals surface area contributed by atoms with Crippen molar-refractivity contribution in [3.63, 3.8) is 0 Å². The molecule has 3 aromatic rings. The average molecular weight is 352 g/mol. The monoisotopic (exact) mass is 352 g/mol. The molecule has 0 saturated carbocycles. The standard InChI is InChI=1S/C20H20N2O4/c1-20(2,3)15-8-4-13(5-9-15)18-21-19(26-22-18)14-6-10-16(11-7-14)25-12-17(23)24/h4-11H,12H2,1-3H3,(H,23,24). The Kier molecular flexibility index (Phi) is 4.75. The maximum Gasteiger partial charge on any atom is 0.341 e. The van der Waals surface area contributed by atoms with Crippen molar-refractivity contribution in [2.24, 2.45) is 0 Å². The highest BCUT2D eigenvalue weighted by molar-refractivity contribution is 5.68. The molecule has 0 amide bonds. The SMILES string of the molecule is CC(C)(C)c1ccc(-c2noc(-c3ccc(OCC(=O)O)cc3)n2)cc1. The van der Waals surface area contributed by atoms with Gasteiger partial charge in [-0.15, -0.1) is 0 Å². The summed E-state index contributed by atoms with van der Waals surface area (Å²) in [7, 11) is 0. The molecule has 6 heteroatoms. The van der Waals surface area contributed by atoms with Crippen LogP contribution in [-0.2, 0) is 10.2 Å². The number of aromatic nitrogens is 2. The van der Waals surface area contributed by atoms with Crippen LogP contribution in [-0.4, -0.2) is 27.8 Å². The van der Waals surface area contributed by atoms with Crippen molar-refractivity contribution in [3.05, 3.63) is 54.1 Å². The summed E-state index contributed by atoms with van der Waals surface area (Å²) in [5, 5.41) is 12.7. The van der Waals surface area contributed by atoms with E-state index in [1.54, 1.807) is 24.3 Å². The molecular formula is C20H20N2O4. The maximum absolute atomic E-state index is 10.5. The van der Waals surface area contributed by atoms with E-state index in [0.717, 1.165) is 11.1 Å². The van der Waals surface area contributed by atoms with E-state index in [-0.39, 0.29) is 12.0 Å². The van der Waals surface area contributed by atoms with E-state index in [1.165, 1.54) is 5.56 Å². The van der Waals surface area contributed by atoms with Crippen LogP contribution in [0.5, 0.6) is 5.75 Å². The lowest BCUT2D eigenvalue weighted by molar-refractivity contribution is -0.139. The molecule has 6 nitrogen and oxygen atoms in total. The molecule has 3 rings (SSSR count). The Hall–Kier alpha value is -3.15. The van der Waals surface area contributed by atoms with Crippen molar-refractivity contribution in [2.75, 3.05) is 6.61 Å². The van der Waals surface area contributed by atoms with Crippen LogP contribution in [0.25, 0.3) is 22.8 Å². The van der Waals surface area contributed by atoms with Crippen LogP contribution in [0.15, 0.2) is 53.1 Å². The zero-order valence-corrected chi connectivity index (χ0v) is 14.9. The third-order valence-corrected chi connectivity index (χ3v) is 3.90. The Morgan fingerprint density at radius 3 is 2.23 bits per heavy atom. The minimum Gasteiger partial charge on any atom is -0.482 e. The van der Waals surface area contributed by atoms with Gasteiger partial charge >= 0.3 is 5.97 Å². The molecule has 1 heterocycles. The quantitative estimate of drug-likeness (QED) is 0.742. The molecule has 0 spiro atoms. The van der Waals surface area contributed by atoms with E-state index in [4.69, 9.17) is 14.4 Å². The minimum atomic E-state index is -1.02. The average Bonchev–Trinajstić information content (AvgIpc) is 3.10. The highest BCUT2D eigenvalue weighted by Crippen LogP contribution is 2.27. The van der Waals surface area contributed by atoms with E-state index < -0.39 is 5.97 Å². The fraction of sp³-hybridized carbons (Fsp3) is 0.250. The van der Waals surface area contributed by atoms with E-state index in [0.29, 0.717) is 17.5 Å². The largest absolute Gasteiger partial charge is 0.482 e. The number of aliphatic carboxylic acids is 1. The normalized spacial score (nSPS) is 11.3. The second-order valence-electron chi connectivity index (χ2n) is 6.96. The zero-order valence-electron chi connectivity index (χ0n) is 14.9. The first-order valence-corrected chi connectivity index (χ1v) is 8.22. The predicted octanol–water partition coefficient (Wildman–Crippen LogP) is 4.16. The smallest absolute Gasteiger partial charge is 0.341 e. The Bertz CT molecular complexity index is 891. The molecular weight excluding hydrogens is 332 g/mol. The van der Waals surface area contributed by atoms with Gasteiger partial charge in [0.15, 0.2) is 6.61 Å². The molecule has 0 aliphatic heterocycles. The topological polar surface area (TPSA) is 85.5 Å². The lowest BCUT2D eigenvalue weighted by Gasteiger charge is -2.18. The summed E-state index contributed by atoms with van der Waals surface area (Å²) in [6, 6.07) is 14.9. The molecule has 26 heavy (non-hydrogen) atoms. The second kappa shape index (κ2) is 7.00. The van der Waals surface area contributed by atoms with E-state index in [1.807, 2.05) is 12.1 Å². The number of hydrogen-bond donors (Lipinski definition) is 1. The number of hydrogen-bond acceptors (Lipinski definition) is 5. The van der Waals surface area contributed by atoms with Crippen molar-refractivity contribution in [3.8, 4) is 28.6 Å². The number of carboxylic acids is 1. The number of ether oxygens (including phenoxy) is 1. The van der Waals surface area contributed by atoms with Gasteiger partial charge in [-0.3, -0.25) is 0 Å². The van der Waals surface area contributed by atoms with Crippen molar-refractivity contribution in [2.45, 2.75) is 26.2 Å². The van der Waals surface area contributed by atoms with Crippen LogP contribution in [0.1, 0.15) is 26.3 Å². The number of benzene rings is 2. The van der Waals surface area contributed by atoms with Crippen LogP contribution in [0.2, 0.25) is 0 Å². The first kappa shape index (κ1) is 17.7. The lowest BCUT2D eigenvalue weighted by Crippen LogP contribution is -2.10. The first-order chi connectivity index (χ1) is 12.3. The molecule has 1 N–H and O–H groups in total. The number of rotatable bonds is 5. The van der Waals surface area contributed by atoms with E-state index in [2.05, 4.69) is 43.0 Å². The molecule has 0 saturated heterocycles. The van der Waals surface area contributed by atoms with Gasteiger partial charge in [0.05, 0.1) is 0 Å². The maximum atomic E-state index is 10.5. The summed E-state index contributed by atoms with van der Waals surface area (Å²) in [4.78, 5) is 14.9. The van der Waals surface area contributed by atoms with Gasteiger partial charge in [-0.25, -0.2) is 4.79 Å². The number of carbonyl (C=O) groups is 1. The summed E-state index contributed by atoms with van der Waals surface area (Å²) < 4.78 is 10.4. The molecule has 0 radical (unpaired) electrons.